The molecular weight excluding hydrogens is 318 g/mol. The molecule has 1 aromatic carbocycles. The van der Waals surface area contributed by atoms with Gasteiger partial charge in [-0.05, 0) is 23.8 Å². The molecule has 2 rings (SSSR count). The quantitative estimate of drug-likeness (QED) is 0.479. The first-order valence-corrected chi connectivity index (χ1v) is 8.51. The first-order valence-electron chi connectivity index (χ1n) is 5.47. The molecule has 1 aromatic rings. The maximum Gasteiger partial charge on any atom is 0.306 e. The highest BCUT2D eigenvalue weighted by atomic mass is 32.2. The number of rotatable bonds is 3. The Labute approximate surface area is 126 Å². The fourth-order valence-electron chi connectivity index (χ4n) is 1.49. The van der Waals surface area contributed by atoms with Crippen molar-refractivity contribution in [3.8, 4) is 5.75 Å². The van der Waals surface area contributed by atoms with Gasteiger partial charge in [0.1, 0.15) is 10.1 Å². The highest BCUT2D eigenvalue weighted by Gasteiger charge is 2.28. The summed E-state index contributed by atoms with van der Waals surface area (Å²) in [6.07, 6.45) is 2.68. The zero-order valence-corrected chi connectivity index (χ0v) is 13.1. The summed E-state index contributed by atoms with van der Waals surface area (Å²) >= 11 is 6.27. The van der Waals surface area contributed by atoms with Crippen LogP contribution >= 0.6 is 24.0 Å². The third-order valence-corrected chi connectivity index (χ3v) is 4.39. The molecule has 0 saturated carbocycles. The lowest BCUT2D eigenvalue weighted by Gasteiger charge is -2.04. The summed E-state index contributed by atoms with van der Waals surface area (Å²) in [5, 5.41) is 0. The summed E-state index contributed by atoms with van der Waals surface area (Å²) in [6.45, 7) is 0. The van der Waals surface area contributed by atoms with Gasteiger partial charge in [-0.1, -0.05) is 36.1 Å². The van der Waals surface area contributed by atoms with E-state index in [1.165, 1.54) is 28.8 Å². The van der Waals surface area contributed by atoms with Crippen LogP contribution in [0.15, 0.2) is 29.2 Å². The number of carbonyl (C=O) groups is 1. The van der Waals surface area contributed by atoms with Gasteiger partial charge in [-0.15, -0.1) is 0 Å². The molecule has 1 amide bonds. The minimum Gasteiger partial charge on any atom is -0.383 e. The van der Waals surface area contributed by atoms with Crippen molar-refractivity contribution >= 4 is 50.4 Å². The standard InChI is InChI=1S/C12H11NO4S3/c1-13-11(14)10(19-12(13)18)7-8-3-5-9(6-4-8)17-20(2,15)16/h3-7H,1-2H3/b10-7-. The number of thioether (sulfide) groups is 1. The van der Waals surface area contributed by atoms with E-state index in [9.17, 15) is 13.2 Å². The van der Waals surface area contributed by atoms with Crippen LogP contribution in [0, 0.1) is 0 Å². The van der Waals surface area contributed by atoms with Gasteiger partial charge in [0.25, 0.3) is 5.91 Å². The Bertz CT molecular complexity index is 692. The molecule has 0 bridgehead atoms. The van der Waals surface area contributed by atoms with Crippen LogP contribution in [0.1, 0.15) is 5.56 Å². The van der Waals surface area contributed by atoms with Gasteiger partial charge in [0, 0.05) is 7.05 Å². The fraction of sp³-hybridized carbons (Fsp3) is 0.167. The number of nitrogens with zero attached hydrogens (tertiary/aromatic N) is 1. The van der Waals surface area contributed by atoms with E-state index in [0.29, 0.717) is 9.23 Å². The molecule has 1 heterocycles. The van der Waals surface area contributed by atoms with Crippen molar-refractivity contribution in [3.05, 3.63) is 34.7 Å². The topological polar surface area (TPSA) is 63.7 Å². The molecule has 1 aliphatic rings. The van der Waals surface area contributed by atoms with Gasteiger partial charge in [-0.25, -0.2) is 0 Å². The molecule has 0 aliphatic carbocycles. The van der Waals surface area contributed by atoms with Gasteiger partial charge >= 0.3 is 10.1 Å². The second-order valence-corrected chi connectivity index (χ2v) is 7.35. The lowest BCUT2D eigenvalue weighted by molar-refractivity contribution is -0.121. The predicted octanol–water partition coefficient (Wildman–Crippen LogP) is 1.86. The number of hydrogen-bond donors (Lipinski definition) is 0. The number of thiocarbonyl (C=S) groups is 1. The van der Waals surface area contributed by atoms with Crippen LogP contribution in [0.2, 0.25) is 0 Å². The molecule has 0 radical (unpaired) electrons. The van der Waals surface area contributed by atoms with Crippen LogP contribution in [0.5, 0.6) is 5.75 Å². The van der Waals surface area contributed by atoms with E-state index < -0.39 is 10.1 Å². The zero-order chi connectivity index (χ0) is 14.9. The lowest BCUT2D eigenvalue weighted by atomic mass is 10.2. The first-order chi connectivity index (χ1) is 9.26. The third kappa shape index (κ3) is 3.59. The van der Waals surface area contributed by atoms with Gasteiger partial charge in [0.2, 0.25) is 0 Å². The maximum absolute atomic E-state index is 11.8. The van der Waals surface area contributed by atoms with E-state index in [0.717, 1.165) is 11.8 Å². The minimum atomic E-state index is -3.53. The van der Waals surface area contributed by atoms with Crippen molar-refractivity contribution in [1.82, 2.24) is 4.90 Å². The Morgan fingerprint density at radius 3 is 2.35 bits per heavy atom. The van der Waals surface area contributed by atoms with Crippen molar-refractivity contribution in [1.29, 1.82) is 0 Å². The average molecular weight is 329 g/mol. The van der Waals surface area contributed by atoms with Gasteiger partial charge in [-0.2, -0.15) is 8.42 Å². The summed E-state index contributed by atoms with van der Waals surface area (Å²) in [6, 6.07) is 6.39. The number of benzene rings is 1. The number of hydrogen-bond acceptors (Lipinski definition) is 6. The van der Waals surface area contributed by atoms with Gasteiger partial charge in [0.05, 0.1) is 11.2 Å². The SMILES string of the molecule is CN1C(=O)/C(=C/c2ccc(OS(C)(=O)=O)cc2)SC1=S. The minimum absolute atomic E-state index is 0.142. The summed E-state index contributed by atoms with van der Waals surface area (Å²) in [5.41, 5.74) is 0.764. The van der Waals surface area contributed by atoms with E-state index >= 15 is 0 Å². The third-order valence-electron chi connectivity index (χ3n) is 2.41. The molecule has 0 N–H and O–H groups in total. The predicted molar refractivity (Wildman–Crippen MR) is 82.8 cm³/mol. The van der Waals surface area contributed by atoms with E-state index in [2.05, 4.69) is 0 Å². The van der Waals surface area contributed by atoms with Crippen LogP contribution < -0.4 is 4.18 Å². The Kier molecular flexibility index (Phi) is 4.17. The monoisotopic (exact) mass is 329 g/mol. The van der Waals surface area contributed by atoms with Crippen molar-refractivity contribution in [2.75, 3.05) is 13.3 Å². The van der Waals surface area contributed by atoms with E-state index in [-0.39, 0.29) is 11.7 Å². The fourth-order valence-corrected chi connectivity index (χ4v) is 3.13. The van der Waals surface area contributed by atoms with Gasteiger partial charge in [0.15, 0.2) is 0 Å². The summed E-state index contributed by atoms with van der Waals surface area (Å²) in [4.78, 5) is 13.8. The van der Waals surface area contributed by atoms with Crippen LogP contribution in [-0.4, -0.2) is 36.8 Å². The smallest absolute Gasteiger partial charge is 0.306 e. The lowest BCUT2D eigenvalue weighted by Crippen LogP contribution is -2.22. The normalized spacial score (nSPS) is 17.9. The molecule has 5 nitrogen and oxygen atoms in total. The van der Waals surface area contributed by atoms with Crippen molar-refractivity contribution in [2.24, 2.45) is 0 Å². The molecule has 106 valence electrons. The first kappa shape index (κ1) is 15.0. The molecule has 1 aliphatic heterocycles. The molecule has 1 saturated heterocycles. The Hall–Kier alpha value is -1.38. The Morgan fingerprint density at radius 2 is 1.90 bits per heavy atom. The van der Waals surface area contributed by atoms with Crippen LogP contribution in [0.4, 0.5) is 0 Å². The Morgan fingerprint density at radius 1 is 1.30 bits per heavy atom. The number of amides is 1. The summed E-state index contributed by atoms with van der Waals surface area (Å²) in [5.74, 6) is 0.0872. The average Bonchev–Trinajstić information content (AvgIpc) is 2.58. The molecule has 0 spiro atoms. The van der Waals surface area contributed by atoms with Crippen LogP contribution in [-0.2, 0) is 14.9 Å². The summed E-state index contributed by atoms with van der Waals surface area (Å²) in [7, 11) is -1.91. The van der Waals surface area contributed by atoms with E-state index in [1.807, 2.05) is 0 Å². The molecule has 8 heteroatoms. The van der Waals surface area contributed by atoms with Crippen LogP contribution in [0.25, 0.3) is 6.08 Å². The highest BCUT2D eigenvalue weighted by molar-refractivity contribution is 8.26. The van der Waals surface area contributed by atoms with Crippen molar-refractivity contribution in [3.63, 3.8) is 0 Å². The van der Waals surface area contributed by atoms with Gasteiger partial charge in [-0.3, -0.25) is 9.69 Å². The molecule has 0 atom stereocenters. The Balaban J connectivity index is 2.20. The molecule has 1 fully saturated rings. The van der Waals surface area contributed by atoms with Crippen molar-refractivity contribution in [2.45, 2.75) is 0 Å². The van der Waals surface area contributed by atoms with Gasteiger partial charge < -0.3 is 4.18 Å². The molecule has 0 aromatic heterocycles. The van der Waals surface area contributed by atoms with Crippen LogP contribution in [0.3, 0.4) is 0 Å². The summed E-state index contributed by atoms with van der Waals surface area (Å²) < 4.78 is 27.2. The molecule has 0 unspecified atom stereocenters. The van der Waals surface area contributed by atoms with Crippen molar-refractivity contribution < 1.29 is 17.4 Å². The second kappa shape index (κ2) is 5.55. The highest BCUT2D eigenvalue weighted by Crippen LogP contribution is 2.31. The number of carbonyl (C=O) groups excluding carboxylic acids is 1. The second-order valence-electron chi connectivity index (χ2n) is 4.10. The largest absolute Gasteiger partial charge is 0.383 e. The van der Waals surface area contributed by atoms with E-state index in [1.54, 1.807) is 25.3 Å². The maximum atomic E-state index is 11.8. The van der Waals surface area contributed by atoms with E-state index in [4.69, 9.17) is 16.4 Å². The molecular formula is C12H11NO4S3. The zero-order valence-electron chi connectivity index (χ0n) is 10.7. The molecule has 20 heavy (non-hydrogen) atoms. The number of likely N-dealkylation sites (N-methyl/N-ethyl adjacent to an activating group) is 1.